The van der Waals surface area contributed by atoms with Crippen molar-refractivity contribution in [3.8, 4) is 23.0 Å². The van der Waals surface area contributed by atoms with E-state index in [1.807, 2.05) is 36.9 Å². The number of nitrogens with zero attached hydrogens (tertiary/aromatic N) is 3. The molecule has 4 rings (SSSR count). The third-order valence-corrected chi connectivity index (χ3v) is 8.71. The third kappa shape index (κ3) is 11.9. The van der Waals surface area contributed by atoms with Crippen molar-refractivity contribution in [3.05, 3.63) is 35.4 Å². The van der Waals surface area contributed by atoms with Gasteiger partial charge in [-0.05, 0) is 24.0 Å². The molecule has 0 aromatic heterocycles. The number of phenols is 2. The van der Waals surface area contributed by atoms with Crippen LogP contribution in [0.5, 0.6) is 23.0 Å². The number of aromatic hydroxyl groups is 2. The van der Waals surface area contributed by atoms with Crippen molar-refractivity contribution in [2.75, 3.05) is 88.9 Å². The highest BCUT2D eigenvalue weighted by molar-refractivity contribution is 8.13. The lowest BCUT2D eigenvalue weighted by Gasteiger charge is -2.35. The minimum absolute atomic E-state index is 0.199. The van der Waals surface area contributed by atoms with Crippen molar-refractivity contribution in [1.82, 2.24) is 9.62 Å². The second-order valence-electron chi connectivity index (χ2n) is 11.5. The Morgan fingerprint density at radius 1 is 0.711 bits per heavy atom. The average molecular weight is 693 g/mol. The Morgan fingerprint density at radius 3 is 1.38 bits per heavy atom. The van der Waals surface area contributed by atoms with Gasteiger partial charge in [-0.3, -0.25) is 0 Å². The summed E-state index contributed by atoms with van der Waals surface area (Å²) in [7, 11) is 1.45. The number of nitrogens with one attached hydrogen (secondary N) is 1. The maximum atomic E-state index is 11.6. The number of hydrogen-bond donors (Lipinski definition) is 3. The predicted molar refractivity (Wildman–Crippen MR) is 182 cm³/mol. The molecule has 3 N–H and O–H groups in total. The van der Waals surface area contributed by atoms with Gasteiger partial charge < -0.3 is 34.8 Å². The largest absolute Gasteiger partial charge is 0.508 e. The number of sulfonamides is 1. The minimum atomic E-state index is -3.19. The molecule has 15 heteroatoms. The molecule has 0 radical (unpaired) electrons. The number of methoxy groups -OCH3 is 2. The smallest absolute Gasteiger partial charge is 0.229 e. The summed E-state index contributed by atoms with van der Waals surface area (Å²) in [6, 6.07) is 7.36. The molecule has 0 unspecified atom stereocenters. The summed E-state index contributed by atoms with van der Waals surface area (Å²) in [5.74, 6) is 2.64. The number of benzene rings is 2. The Morgan fingerprint density at radius 2 is 1.07 bits per heavy atom. The molecule has 2 aliphatic heterocycles. The van der Waals surface area contributed by atoms with E-state index in [1.165, 1.54) is 10.6 Å². The van der Waals surface area contributed by atoms with Crippen molar-refractivity contribution in [3.63, 3.8) is 0 Å². The van der Waals surface area contributed by atoms with E-state index in [-0.39, 0.29) is 17.6 Å². The van der Waals surface area contributed by atoms with E-state index >= 15 is 0 Å². The molecular formula is C30H49ClN4O8S2. The number of phenolic OH excluding ortho intramolecular Hbond substituents is 2. The minimum Gasteiger partial charge on any atom is -0.508 e. The predicted octanol–water partition coefficient (Wildman–Crippen LogP) is 3.72. The summed E-state index contributed by atoms with van der Waals surface area (Å²) in [4.78, 5) is 4.30. The zero-order valence-electron chi connectivity index (χ0n) is 27.5. The number of piperazine rings is 2. The van der Waals surface area contributed by atoms with E-state index in [0.29, 0.717) is 37.7 Å². The number of anilines is 2. The summed E-state index contributed by atoms with van der Waals surface area (Å²) >= 11 is 0. The standard InChI is InChI=1S/C15H24N2O4S.C14H22N2O2.CH3ClO2S/c1-11(2)12-9-15(21-3)13(10-14(12)18)16-5-7-17(8-6-16)22(4,19)20;1-10(2)11-8-14(18-3)12(9-13(11)17)16-6-4-15-5-7-16;1-5(2,3)4/h9-11,18H,5-8H2,1-4H3;8-10,15,17H,4-7H2,1-3H3;1H3. The lowest BCUT2D eigenvalue weighted by atomic mass is 10.0. The molecule has 2 heterocycles. The molecule has 0 aliphatic carbocycles. The monoisotopic (exact) mass is 692 g/mol. The summed E-state index contributed by atoms with van der Waals surface area (Å²) < 4.78 is 54.3. The van der Waals surface area contributed by atoms with Crippen LogP contribution in [0.3, 0.4) is 0 Å². The van der Waals surface area contributed by atoms with Crippen LogP contribution in [0, 0.1) is 0 Å². The number of hydrogen-bond acceptors (Lipinski definition) is 11. The maximum Gasteiger partial charge on any atom is 0.229 e. The first-order valence-electron chi connectivity index (χ1n) is 14.7. The van der Waals surface area contributed by atoms with Crippen LogP contribution in [-0.4, -0.2) is 110 Å². The normalized spacial score (nSPS) is 16.1. The second-order valence-corrected chi connectivity index (χ2v) is 16.6. The van der Waals surface area contributed by atoms with E-state index in [0.717, 1.165) is 60.7 Å². The highest BCUT2D eigenvalue weighted by atomic mass is 35.7. The molecule has 256 valence electrons. The third-order valence-electron chi connectivity index (χ3n) is 7.41. The molecule has 0 bridgehead atoms. The SMILES string of the molecule is COc1cc(C(C)C)c(O)cc1N1CCN(S(C)(=O)=O)CC1.COc1cc(C(C)C)c(O)cc1N1CCNCC1.CS(=O)(=O)Cl. The van der Waals surface area contributed by atoms with Crippen molar-refractivity contribution in [1.29, 1.82) is 0 Å². The van der Waals surface area contributed by atoms with Crippen LogP contribution in [0.2, 0.25) is 0 Å². The molecule has 12 nitrogen and oxygen atoms in total. The highest BCUT2D eigenvalue weighted by Crippen LogP contribution is 2.39. The second kappa shape index (κ2) is 16.8. The quantitative estimate of drug-likeness (QED) is 0.365. The van der Waals surface area contributed by atoms with E-state index < -0.39 is 19.1 Å². The fourth-order valence-corrected chi connectivity index (χ4v) is 5.89. The van der Waals surface area contributed by atoms with Crippen LogP contribution < -0.4 is 24.6 Å². The van der Waals surface area contributed by atoms with Crippen LogP contribution in [0.25, 0.3) is 0 Å². The van der Waals surface area contributed by atoms with Gasteiger partial charge in [0, 0.05) is 86.3 Å². The Bertz CT molecular complexity index is 1470. The van der Waals surface area contributed by atoms with Gasteiger partial charge in [-0.25, -0.2) is 16.8 Å². The topological polar surface area (TPSA) is 149 Å². The van der Waals surface area contributed by atoms with Crippen LogP contribution in [0.15, 0.2) is 24.3 Å². The number of halogens is 1. The molecule has 2 saturated heterocycles. The van der Waals surface area contributed by atoms with Gasteiger partial charge in [0.25, 0.3) is 0 Å². The van der Waals surface area contributed by atoms with Crippen molar-refractivity contribution in [2.45, 2.75) is 39.5 Å². The zero-order chi connectivity index (χ0) is 34.1. The maximum absolute atomic E-state index is 11.6. The zero-order valence-corrected chi connectivity index (χ0v) is 29.9. The molecule has 2 aromatic carbocycles. The first-order chi connectivity index (χ1) is 20.9. The average Bonchev–Trinajstić information content (AvgIpc) is 2.96. The lowest BCUT2D eigenvalue weighted by Crippen LogP contribution is -2.48. The van der Waals surface area contributed by atoms with E-state index in [2.05, 4.69) is 34.7 Å². The Kier molecular flexibility index (Phi) is 14.4. The summed E-state index contributed by atoms with van der Waals surface area (Å²) in [5, 5.41) is 23.6. The van der Waals surface area contributed by atoms with Gasteiger partial charge in [-0.2, -0.15) is 4.31 Å². The lowest BCUT2D eigenvalue weighted by molar-refractivity contribution is 0.379. The van der Waals surface area contributed by atoms with Crippen molar-refractivity contribution >= 4 is 41.1 Å². The van der Waals surface area contributed by atoms with Crippen LogP contribution >= 0.6 is 10.7 Å². The summed E-state index contributed by atoms with van der Waals surface area (Å²) in [6.45, 7) is 14.0. The highest BCUT2D eigenvalue weighted by Gasteiger charge is 2.26. The van der Waals surface area contributed by atoms with Gasteiger partial charge in [0.15, 0.2) is 0 Å². The fourth-order valence-electron chi connectivity index (χ4n) is 5.06. The molecule has 0 atom stereocenters. The van der Waals surface area contributed by atoms with Crippen LogP contribution in [0.4, 0.5) is 11.4 Å². The van der Waals surface area contributed by atoms with E-state index in [9.17, 15) is 27.0 Å². The van der Waals surface area contributed by atoms with Crippen LogP contribution in [0.1, 0.15) is 50.7 Å². The van der Waals surface area contributed by atoms with Gasteiger partial charge in [-0.1, -0.05) is 27.7 Å². The molecule has 2 aliphatic rings. The van der Waals surface area contributed by atoms with Gasteiger partial charge in [0.2, 0.25) is 19.1 Å². The first kappa shape index (κ1) is 38.5. The van der Waals surface area contributed by atoms with E-state index in [1.54, 1.807) is 20.3 Å². The Hall–Kier alpha value is -2.65. The molecule has 2 aromatic rings. The van der Waals surface area contributed by atoms with Crippen LogP contribution in [-0.2, 0) is 19.1 Å². The van der Waals surface area contributed by atoms with Gasteiger partial charge in [0.1, 0.15) is 23.0 Å². The Balaban J connectivity index is 0.000000277. The number of ether oxygens (including phenoxy) is 2. The molecule has 2 fully saturated rings. The van der Waals surface area contributed by atoms with Gasteiger partial charge >= 0.3 is 0 Å². The molecule has 0 saturated carbocycles. The van der Waals surface area contributed by atoms with Crippen molar-refractivity contribution in [2.24, 2.45) is 0 Å². The molecule has 0 amide bonds. The summed E-state index contributed by atoms with van der Waals surface area (Å²) in [5.41, 5.74) is 3.57. The first-order valence-corrected chi connectivity index (χ1v) is 19.3. The summed E-state index contributed by atoms with van der Waals surface area (Å²) in [6.07, 6.45) is 2.15. The Labute approximate surface area is 273 Å². The molecule has 0 spiro atoms. The number of rotatable bonds is 7. The van der Waals surface area contributed by atoms with E-state index in [4.69, 9.17) is 9.47 Å². The fraction of sp³-hybridized carbons (Fsp3) is 0.600. The molecule has 45 heavy (non-hydrogen) atoms. The van der Waals surface area contributed by atoms with Crippen molar-refractivity contribution < 1.29 is 36.5 Å². The van der Waals surface area contributed by atoms with Gasteiger partial charge in [-0.15, -0.1) is 0 Å². The van der Waals surface area contributed by atoms with Gasteiger partial charge in [0.05, 0.1) is 38.1 Å². The molecular weight excluding hydrogens is 644 g/mol.